The number of rotatable bonds is 5. The molecule has 8 nitrogen and oxygen atoms in total. The highest BCUT2D eigenvalue weighted by Crippen LogP contribution is 2.49. The molecule has 0 saturated heterocycles. The summed E-state index contributed by atoms with van der Waals surface area (Å²) in [5, 5.41) is 52.9. The lowest BCUT2D eigenvalue weighted by Crippen LogP contribution is -2.35. The summed E-state index contributed by atoms with van der Waals surface area (Å²) in [6.45, 7) is 0.805. The van der Waals surface area contributed by atoms with E-state index in [-0.39, 0.29) is 11.3 Å². The molecule has 0 bridgehead atoms. The van der Waals surface area contributed by atoms with E-state index < -0.39 is 35.4 Å². The summed E-state index contributed by atoms with van der Waals surface area (Å²) < 4.78 is 6.09. The number of aromatic amines is 1. The number of para-hydroxylation sites is 1. The quantitative estimate of drug-likeness (QED) is 0.242. The molecule has 2 heterocycles. The van der Waals surface area contributed by atoms with E-state index >= 15 is 0 Å². The molecule has 0 radical (unpaired) electrons. The molecule has 4 aromatic rings. The van der Waals surface area contributed by atoms with Crippen molar-refractivity contribution in [2.24, 2.45) is 0 Å². The van der Waals surface area contributed by atoms with Gasteiger partial charge in [0.2, 0.25) is 0 Å². The van der Waals surface area contributed by atoms with Gasteiger partial charge in [-0.1, -0.05) is 24.3 Å². The van der Waals surface area contributed by atoms with Crippen molar-refractivity contribution >= 4 is 10.9 Å². The zero-order valence-electron chi connectivity index (χ0n) is 19.4. The highest BCUT2D eigenvalue weighted by atomic mass is 16.5. The highest BCUT2D eigenvalue weighted by molar-refractivity contribution is 5.85. The zero-order chi connectivity index (χ0) is 24.9. The predicted octanol–water partition coefficient (Wildman–Crippen LogP) is 3.72. The van der Waals surface area contributed by atoms with E-state index in [0.29, 0.717) is 11.3 Å². The number of ether oxygens (including phenoxy) is 1. The maximum absolute atomic E-state index is 11.7. The first-order valence-electron chi connectivity index (χ1n) is 11.4. The standard InChI is InChI=1S/C27H28N2O6/c1-29(2)10-9-17-16-5-3-4-6-19(16)28-24(17)23-18-8-7-15(30)13-22(18)35-27(26(23)34)14-11-20(31)25(33)21(32)12-14/h3-8,11-13,23,26-28,30-34H,9-10H2,1-2H3/t23-,26+,27-/m1/s1. The van der Waals surface area contributed by atoms with Crippen molar-refractivity contribution in [1.29, 1.82) is 0 Å². The van der Waals surface area contributed by atoms with E-state index in [1.165, 1.54) is 18.2 Å². The molecular weight excluding hydrogens is 448 g/mol. The fourth-order valence-corrected chi connectivity index (χ4v) is 4.92. The van der Waals surface area contributed by atoms with Crippen molar-refractivity contribution in [3.05, 3.63) is 77.0 Å². The van der Waals surface area contributed by atoms with E-state index in [1.807, 2.05) is 32.3 Å². The maximum atomic E-state index is 11.7. The molecule has 0 amide bonds. The Hall–Kier alpha value is -3.88. The molecule has 3 atom stereocenters. The van der Waals surface area contributed by atoms with Gasteiger partial charge in [-0.2, -0.15) is 0 Å². The van der Waals surface area contributed by atoms with Crippen LogP contribution in [-0.2, 0) is 6.42 Å². The first-order chi connectivity index (χ1) is 16.7. The number of H-pyrrole nitrogens is 1. The molecule has 8 heteroatoms. The van der Waals surface area contributed by atoms with Crippen LogP contribution in [0.15, 0.2) is 54.6 Å². The van der Waals surface area contributed by atoms with Crippen LogP contribution in [0.3, 0.4) is 0 Å². The number of aromatic hydroxyl groups is 4. The lowest BCUT2D eigenvalue weighted by atomic mass is 9.80. The molecule has 1 aromatic heterocycles. The van der Waals surface area contributed by atoms with Gasteiger partial charge >= 0.3 is 0 Å². The van der Waals surface area contributed by atoms with Crippen molar-refractivity contribution < 1.29 is 30.3 Å². The van der Waals surface area contributed by atoms with Crippen LogP contribution in [0.5, 0.6) is 28.7 Å². The Balaban J connectivity index is 1.70. The summed E-state index contributed by atoms with van der Waals surface area (Å²) in [5.74, 6) is -1.84. The molecule has 6 N–H and O–H groups in total. The van der Waals surface area contributed by atoms with Crippen molar-refractivity contribution in [2.75, 3.05) is 20.6 Å². The lowest BCUT2D eigenvalue weighted by molar-refractivity contribution is 0.00727. The predicted molar refractivity (Wildman–Crippen MR) is 131 cm³/mol. The summed E-state index contributed by atoms with van der Waals surface area (Å²) in [6.07, 6.45) is -1.35. The van der Waals surface area contributed by atoms with E-state index in [0.717, 1.165) is 35.1 Å². The number of nitrogens with one attached hydrogen (secondary N) is 1. The summed E-state index contributed by atoms with van der Waals surface area (Å²) in [6, 6.07) is 15.3. The van der Waals surface area contributed by atoms with Crippen LogP contribution >= 0.6 is 0 Å². The van der Waals surface area contributed by atoms with Gasteiger partial charge in [-0.15, -0.1) is 0 Å². The van der Waals surface area contributed by atoms with Crippen LogP contribution in [0.25, 0.3) is 10.9 Å². The fourth-order valence-electron chi connectivity index (χ4n) is 4.92. The topological polar surface area (TPSA) is 129 Å². The number of aliphatic hydroxyl groups is 1. The number of benzene rings is 3. The summed E-state index contributed by atoms with van der Waals surface area (Å²) in [4.78, 5) is 5.61. The monoisotopic (exact) mass is 476 g/mol. The van der Waals surface area contributed by atoms with Crippen molar-refractivity contribution in [1.82, 2.24) is 9.88 Å². The third kappa shape index (κ3) is 4.00. The minimum Gasteiger partial charge on any atom is -0.508 e. The lowest BCUT2D eigenvalue weighted by Gasteiger charge is -2.37. The van der Waals surface area contributed by atoms with Crippen molar-refractivity contribution in [3.63, 3.8) is 0 Å². The van der Waals surface area contributed by atoms with Crippen LogP contribution in [0.4, 0.5) is 0 Å². The van der Waals surface area contributed by atoms with E-state index in [4.69, 9.17) is 4.74 Å². The SMILES string of the molecule is CN(C)CCc1c([C@H]2c3ccc(O)cc3O[C@H](c3cc(O)c(O)c(O)c3)[C@H]2O)[nH]c2ccccc12. The van der Waals surface area contributed by atoms with Crippen molar-refractivity contribution in [3.8, 4) is 28.7 Å². The number of likely N-dealkylation sites (N-methyl/N-ethyl adjacent to an activating group) is 1. The third-order valence-electron chi connectivity index (χ3n) is 6.63. The number of hydrogen-bond acceptors (Lipinski definition) is 7. The number of fused-ring (bicyclic) bond motifs is 2. The smallest absolute Gasteiger partial charge is 0.200 e. The molecule has 0 saturated carbocycles. The minimum atomic E-state index is -1.11. The first-order valence-corrected chi connectivity index (χ1v) is 11.4. The Bertz CT molecular complexity index is 1370. The molecule has 0 aliphatic carbocycles. The molecule has 1 aliphatic heterocycles. The average Bonchev–Trinajstić information content (AvgIpc) is 3.18. The first kappa shape index (κ1) is 22.9. The molecule has 0 spiro atoms. The van der Waals surface area contributed by atoms with Gasteiger partial charge in [-0.25, -0.2) is 0 Å². The average molecular weight is 477 g/mol. The maximum Gasteiger partial charge on any atom is 0.200 e. The van der Waals surface area contributed by atoms with Crippen LogP contribution in [0, 0.1) is 0 Å². The second-order valence-electron chi connectivity index (χ2n) is 9.25. The Morgan fingerprint density at radius 3 is 2.37 bits per heavy atom. The number of aromatic nitrogens is 1. The Morgan fingerprint density at radius 2 is 1.66 bits per heavy atom. The minimum absolute atomic E-state index is 0.0125. The zero-order valence-corrected chi connectivity index (χ0v) is 19.4. The van der Waals surface area contributed by atoms with Gasteiger partial charge in [0.15, 0.2) is 23.4 Å². The van der Waals surface area contributed by atoms with Gasteiger partial charge in [0.25, 0.3) is 0 Å². The molecule has 5 rings (SSSR count). The summed E-state index contributed by atoms with van der Waals surface area (Å²) in [5.41, 5.74) is 3.86. The largest absolute Gasteiger partial charge is 0.508 e. The fraction of sp³-hybridized carbons (Fsp3) is 0.259. The van der Waals surface area contributed by atoms with Gasteiger partial charge in [0.05, 0.1) is 5.92 Å². The van der Waals surface area contributed by atoms with Gasteiger partial charge in [0, 0.05) is 40.3 Å². The Morgan fingerprint density at radius 1 is 0.943 bits per heavy atom. The number of hydrogen-bond donors (Lipinski definition) is 6. The number of aliphatic hydroxyl groups excluding tert-OH is 1. The van der Waals surface area contributed by atoms with Crippen LogP contribution in [0.1, 0.15) is 34.4 Å². The van der Waals surface area contributed by atoms with Gasteiger partial charge < -0.3 is 40.2 Å². The molecular formula is C27H28N2O6. The van der Waals surface area contributed by atoms with E-state index in [1.54, 1.807) is 12.1 Å². The summed E-state index contributed by atoms with van der Waals surface area (Å²) >= 11 is 0. The molecule has 182 valence electrons. The molecule has 0 unspecified atom stereocenters. The normalized spacial score (nSPS) is 19.6. The van der Waals surface area contributed by atoms with E-state index in [9.17, 15) is 25.5 Å². The van der Waals surface area contributed by atoms with Gasteiger partial charge in [-0.05, 0) is 50.3 Å². The highest BCUT2D eigenvalue weighted by Gasteiger charge is 2.41. The van der Waals surface area contributed by atoms with Crippen LogP contribution in [-0.4, -0.2) is 62.2 Å². The van der Waals surface area contributed by atoms with Crippen LogP contribution < -0.4 is 4.74 Å². The third-order valence-corrected chi connectivity index (χ3v) is 6.63. The Labute approximate surface area is 202 Å². The Kier molecular flexibility index (Phi) is 5.70. The molecule has 0 fully saturated rings. The van der Waals surface area contributed by atoms with Gasteiger partial charge in [0.1, 0.15) is 17.6 Å². The van der Waals surface area contributed by atoms with Gasteiger partial charge in [-0.3, -0.25) is 0 Å². The number of phenols is 4. The van der Waals surface area contributed by atoms with Crippen molar-refractivity contribution in [2.45, 2.75) is 24.5 Å². The van der Waals surface area contributed by atoms with Crippen LogP contribution in [0.2, 0.25) is 0 Å². The van der Waals surface area contributed by atoms with E-state index in [2.05, 4.69) is 16.0 Å². The number of phenolic OH excluding ortho intramolecular Hbond substituents is 4. The molecule has 3 aromatic carbocycles. The second kappa shape index (κ2) is 8.72. The summed E-state index contributed by atoms with van der Waals surface area (Å²) in [7, 11) is 4.02. The molecule has 35 heavy (non-hydrogen) atoms. The molecule has 1 aliphatic rings. The number of nitrogens with zero attached hydrogens (tertiary/aromatic N) is 1. The second-order valence-corrected chi connectivity index (χ2v) is 9.25.